The third-order valence-corrected chi connectivity index (χ3v) is 3.91. The molecule has 2 aromatic heterocycles. The molecule has 0 amide bonds. The highest BCUT2D eigenvalue weighted by Gasteiger charge is 2.38. The quantitative estimate of drug-likeness (QED) is 0.527. The van der Waals surface area contributed by atoms with Crippen molar-refractivity contribution in [2.24, 2.45) is 0 Å². The highest BCUT2D eigenvalue weighted by Crippen LogP contribution is 2.32. The second kappa shape index (κ2) is 5.53. The molecule has 0 bridgehead atoms. The van der Waals surface area contributed by atoms with Gasteiger partial charge in [-0.25, -0.2) is 15.0 Å². The first-order valence-electron chi connectivity index (χ1n) is 6.59. The van der Waals surface area contributed by atoms with Gasteiger partial charge in [0.2, 0.25) is 0 Å². The van der Waals surface area contributed by atoms with E-state index in [2.05, 4.69) is 15.0 Å². The van der Waals surface area contributed by atoms with Crippen LogP contribution in [0.2, 0.25) is 0 Å². The number of aromatic nitrogens is 4. The average molecular weight is 341 g/mol. The maximum absolute atomic E-state index is 11.1. The van der Waals surface area contributed by atoms with E-state index in [4.69, 9.17) is 14.7 Å². The molecule has 0 radical (unpaired) electrons. The van der Waals surface area contributed by atoms with Crippen molar-refractivity contribution in [3.8, 4) is 0 Å². The van der Waals surface area contributed by atoms with Crippen molar-refractivity contribution < 1.29 is 22.4 Å². The van der Waals surface area contributed by atoms with E-state index in [1.165, 1.54) is 12.7 Å². The van der Waals surface area contributed by atoms with Crippen molar-refractivity contribution in [1.82, 2.24) is 19.5 Å². The van der Waals surface area contributed by atoms with Crippen molar-refractivity contribution in [3.05, 3.63) is 24.8 Å². The van der Waals surface area contributed by atoms with Gasteiger partial charge >= 0.3 is 0 Å². The predicted octanol–water partition coefficient (Wildman–Crippen LogP) is -0.799. The molecule has 3 rings (SSSR count). The van der Waals surface area contributed by atoms with E-state index in [0.29, 0.717) is 11.2 Å². The lowest BCUT2D eigenvalue weighted by Crippen LogP contribution is -2.39. The van der Waals surface area contributed by atoms with Crippen molar-refractivity contribution in [3.63, 3.8) is 0 Å². The maximum Gasteiger partial charge on any atom is 0.264 e. The third kappa shape index (κ3) is 3.03. The number of ether oxygens (including phenoxy) is 1. The van der Waals surface area contributed by atoms with E-state index in [9.17, 15) is 13.5 Å². The number of aliphatic hydroxyl groups excluding tert-OH is 1. The largest absolute Gasteiger partial charge is 0.393 e. The van der Waals surface area contributed by atoms with E-state index in [0.717, 1.165) is 6.26 Å². The fraction of sp³-hybridized carbons (Fsp3) is 0.417. The zero-order valence-corrected chi connectivity index (χ0v) is 13.0. The molecule has 0 unspecified atom stereocenters. The summed E-state index contributed by atoms with van der Waals surface area (Å²) in [4.78, 5) is 12.1. The van der Waals surface area contributed by atoms with Gasteiger partial charge in [0, 0.05) is 0 Å². The van der Waals surface area contributed by atoms with Gasteiger partial charge in [-0.1, -0.05) is 0 Å². The molecule has 1 aliphatic heterocycles. The normalized spacial score (nSPS) is 24.5. The summed E-state index contributed by atoms with van der Waals surface area (Å²) in [7, 11) is -3.65. The van der Waals surface area contributed by atoms with Crippen molar-refractivity contribution >= 4 is 27.1 Å². The molecular formula is C12H15N5O5S. The molecule has 0 aromatic carbocycles. The van der Waals surface area contributed by atoms with Gasteiger partial charge in [0.25, 0.3) is 10.1 Å². The number of anilines is 1. The molecule has 11 heteroatoms. The topological polar surface area (TPSA) is 142 Å². The molecular weight excluding hydrogens is 326 g/mol. The van der Waals surface area contributed by atoms with Crippen LogP contribution in [-0.4, -0.2) is 58.1 Å². The first-order chi connectivity index (χ1) is 10.8. The SMILES string of the molecule is CS(=O)(=O)OC[C@@]1(CO)C=C[C@H](n2cnc3c(N)ncnc32)O1. The van der Waals surface area contributed by atoms with Gasteiger partial charge in [0.1, 0.15) is 24.1 Å². The molecule has 0 spiro atoms. The maximum atomic E-state index is 11.1. The number of nitrogen functional groups attached to an aromatic ring is 1. The van der Waals surface area contributed by atoms with Crippen molar-refractivity contribution in [1.29, 1.82) is 0 Å². The minimum absolute atomic E-state index is 0.240. The standard InChI is InChI=1S/C12H15N5O5S/c1-23(19,20)21-5-12(4-18)3-2-8(22-12)17-7-16-9-10(13)14-6-15-11(9)17/h2-3,6-8,18H,4-5H2,1H3,(H2,13,14,15)/t8-,12+/m1/s1. The van der Waals surface area contributed by atoms with E-state index in [1.807, 2.05) is 0 Å². The van der Waals surface area contributed by atoms with Crippen LogP contribution in [0.15, 0.2) is 24.8 Å². The van der Waals surface area contributed by atoms with E-state index < -0.39 is 28.6 Å². The molecule has 2 atom stereocenters. The van der Waals surface area contributed by atoms with E-state index in [1.54, 1.807) is 16.7 Å². The van der Waals surface area contributed by atoms with Crippen LogP contribution in [-0.2, 0) is 19.0 Å². The van der Waals surface area contributed by atoms with Gasteiger partial charge in [0.05, 0.1) is 19.2 Å². The van der Waals surface area contributed by atoms with Gasteiger partial charge < -0.3 is 15.6 Å². The summed E-state index contributed by atoms with van der Waals surface area (Å²) in [6.07, 6.45) is 6.29. The molecule has 124 valence electrons. The zero-order chi connectivity index (χ0) is 16.7. The first-order valence-corrected chi connectivity index (χ1v) is 8.41. The minimum Gasteiger partial charge on any atom is -0.393 e. The minimum atomic E-state index is -3.65. The van der Waals surface area contributed by atoms with Crippen LogP contribution in [0.3, 0.4) is 0 Å². The Morgan fingerprint density at radius 2 is 2.26 bits per heavy atom. The molecule has 1 aliphatic rings. The fourth-order valence-corrected chi connectivity index (χ4v) is 2.62. The fourth-order valence-electron chi connectivity index (χ4n) is 2.21. The molecule has 0 saturated carbocycles. The third-order valence-electron chi connectivity index (χ3n) is 3.37. The molecule has 23 heavy (non-hydrogen) atoms. The van der Waals surface area contributed by atoms with E-state index in [-0.39, 0.29) is 12.4 Å². The van der Waals surface area contributed by atoms with Crippen LogP contribution in [0, 0.1) is 0 Å². The lowest BCUT2D eigenvalue weighted by Gasteiger charge is -2.26. The van der Waals surface area contributed by atoms with Gasteiger partial charge in [0.15, 0.2) is 17.7 Å². The van der Waals surface area contributed by atoms with Crippen molar-refractivity contribution in [2.75, 3.05) is 25.2 Å². The number of rotatable bonds is 5. The number of hydrogen-bond acceptors (Lipinski definition) is 9. The highest BCUT2D eigenvalue weighted by molar-refractivity contribution is 7.85. The molecule has 10 nitrogen and oxygen atoms in total. The Morgan fingerprint density at radius 1 is 1.48 bits per heavy atom. The Kier molecular flexibility index (Phi) is 3.80. The molecule has 0 aliphatic carbocycles. The van der Waals surface area contributed by atoms with E-state index >= 15 is 0 Å². The summed E-state index contributed by atoms with van der Waals surface area (Å²) in [6.45, 7) is -0.779. The Labute approximate surface area is 131 Å². The van der Waals surface area contributed by atoms with Crippen LogP contribution >= 0.6 is 0 Å². The Balaban J connectivity index is 1.86. The number of nitrogens with two attached hydrogens (primary N) is 1. The smallest absolute Gasteiger partial charge is 0.264 e. The highest BCUT2D eigenvalue weighted by atomic mass is 32.2. The van der Waals surface area contributed by atoms with Crippen molar-refractivity contribution in [2.45, 2.75) is 11.8 Å². The summed E-state index contributed by atoms with van der Waals surface area (Å²) in [5.41, 5.74) is 5.36. The van der Waals surface area contributed by atoms with Crippen LogP contribution in [0.5, 0.6) is 0 Å². The summed E-state index contributed by atoms with van der Waals surface area (Å²) in [5, 5.41) is 9.56. The second-order valence-electron chi connectivity index (χ2n) is 5.14. The van der Waals surface area contributed by atoms with Gasteiger partial charge in [-0.15, -0.1) is 0 Å². The van der Waals surface area contributed by atoms with Crippen LogP contribution < -0.4 is 5.73 Å². The number of imidazole rings is 1. The number of hydrogen-bond donors (Lipinski definition) is 2. The van der Waals surface area contributed by atoms with Crippen LogP contribution in [0.4, 0.5) is 5.82 Å². The Bertz CT molecular complexity index is 864. The molecule has 0 saturated heterocycles. The van der Waals surface area contributed by atoms with Crippen LogP contribution in [0.25, 0.3) is 11.2 Å². The van der Waals surface area contributed by atoms with Gasteiger partial charge in [-0.3, -0.25) is 8.75 Å². The monoisotopic (exact) mass is 341 g/mol. The second-order valence-corrected chi connectivity index (χ2v) is 6.78. The number of aliphatic hydroxyl groups is 1. The number of fused-ring (bicyclic) bond motifs is 1. The average Bonchev–Trinajstić information content (AvgIpc) is 3.09. The summed E-state index contributed by atoms with van der Waals surface area (Å²) in [6, 6.07) is 0. The first kappa shape index (κ1) is 15.8. The predicted molar refractivity (Wildman–Crippen MR) is 79.6 cm³/mol. The van der Waals surface area contributed by atoms with Crippen LogP contribution in [0.1, 0.15) is 6.23 Å². The summed E-state index contributed by atoms with van der Waals surface area (Å²) >= 11 is 0. The number of nitrogens with zero attached hydrogens (tertiary/aromatic N) is 4. The lowest BCUT2D eigenvalue weighted by molar-refractivity contribution is -0.0993. The lowest BCUT2D eigenvalue weighted by atomic mass is 10.1. The summed E-state index contributed by atoms with van der Waals surface area (Å²) in [5.74, 6) is 0.240. The van der Waals surface area contributed by atoms with Gasteiger partial charge in [-0.2, -0.15) is 8.42 Å². The zero-order valence-electron chi connectivity index (χ0n) is 12.2. The molecule has 3 N–H and O–H groups in total. The molecule has 0 fully saturated rings. The molecule has 3 heterocycles. The molecule has 2 aromatic rings. The summed E-state index contributed by atoms with van der Waals surface area (Å²) < 4.78 is 34.4. The van der Waals surface area contributed by atoms with Gasteiger partial charge in [-0.05, 0) is 12.2 Å². The Hall–Kier alpha value is -2.08. The Morgan fingerprint density at radius 3 is 2.96 bits per heavy atom.